The molecule has 0 bridgehead atoms. The minimum absolute atomic E-state index is 0.533. The Morgan fingerprint density at radius 1 is 0.390 bits per heavy atom. The van der Waals surface area contributed by atoms with Crippen LogP contribution in [-0.4, -0.2) is 9.13 Å². The summed E-state index contributed by atoms with van der Waals surface area (Å²) < 4.78 is 4.81. The summed E-state index contributed by atoms with van der Waals surface area (Å²) in [6, 6.07) is 79.4. The molecular formula is C56H35N3. The highest BCUT2D eigenvalue weighted by Gasteiger charge is 2.48. The van der Waals surface area contributed by atoms with Crippen molar-refractivity contribution >= 4 is 43.6 Å². The summed E-state index contributed by atoms with van der Waals surface area (Å²) in [5.74, 6) is 0. The lowest BCUT2D eigenvalue weighted by molar-refractivity contribution is 0.762. The van der Waals surface area contributed by atoms with Gasteiger partial charge in [0.1, 0.15) is 0 Å². The van der Waals surface area contributed by atoms with Crippen molar-refractivity contribution in [2.24, 2.45) is 0 Å². The van der Waals surface area contributed by atoms with Gasteiger partial charge < -0.3 is 9.13 Å². The van der Waals surface area contributed by atoms with E-state index < -0.39 is 5.41 Å². The number of fused-ring (bicyclic) bond motifs is 9. The van der Waals surface area contributed by atoms with Crippen LogP contribution in [0.5, 0.6) is 0 Å². The molecule has 274 valence electrons. The van der Waals surface area contributed by atoms with Crippen LogP contribution in [0, 0.1) is 11.3 Å². The highest BCUT2D eigenvalue weighted by atomic mass is 15.0. The average Bonchev–Trinajstić information content (AvgIpc) is 3.94. The van der Waals surface area contributed by atoms with Crippen LogP contribution in [-0.2, 0) is 5.41 Å². The third-order valence-electron chi connectivity index (χ3n) is 12.6. The minimum atomic E-state index is -0.533. The summed E-state index contributed by atoms with van der Waals surface area (Å²) in [5.41, 5.74) is 17.0. The van der Waals surface area contributed by atoms with Crippen molar-refractivity contribution in [2.45, 2.75) is 5.41 Å². The molecule has 11 aromatic rings. The zero-order chi connectivity index (χ0) is 39.1. The Morgan fingerprint density at radius 3 is 1.53 bits per heavy atom. The summed E-state index contributed by atoms with van der Waals surface area (Å²) in [4.78, 5) is 0. The number of aromatic nitrogens is 2. The Morgan fingerprint density at radius 2 is 0.898 bits per heavy atom. The van der Waals surface area contributed by atoms with Crippen molar-refractivity contribution in [1.29, 1.82) is 5.26 Å². The molecule has 0 radical (unpaired) electrons. The van der Waals surface area contributed by atoms with E-state index in [0.29, 0.717) is 5.56 Å². The van der Waals surface area contributed by atoms with Crippen LogP contribution in [0.4, 0.5) is 0 Å². The maximum Gasteiger partial charge on any atom is 0.0991 e. The van der Waals surface area contributed by atoms with Crippen LogP contribution >= 0.6 is 0 Å². The van der Waals surface area contributed by atoms with E-state index in [2.05, 4.69) is 203 Å². The van der Waals surface area contributed by atoms with Crippen molar-refractivity contribution in [3.63, 3.8) is 0 Å². The van der Waals surface area contributed by atoms with Crippen molar-refractivity contribution in [3.05, 3.63) is 240 Å². The monoisotopic (exact) mass is 749 g/mol. The predicted octanol–water partition coefficient (Wildman–Crippen LogP) is 13.8. The van der Waals surface area contributed by atoms with Gasteiger partial charge in [0.25, 0.3) is 0 Å². The highest BCUT2D eigenvalue weighted by molar-refractivity contribution is 6.13. The lowest BCUT2D eigenvalue weighted by Gasteiger charge is -2.35. The first-order valence-electron chi connectivity index (χ1n) is 20.2. The summed E-state index contributed by atoms with van der Waals surface area (Å²) in [6.07, 6.45) is 0. The van der Waals surface area contributed by atoms with Gasteiger partial charge in [-0.3, -0.25) is 0 Å². The van der Waals surface area contributed by atoms with Gasteiger partial charge in [-0.15, -0.1) is 0 Å². The molecule has 1 aliphatic rings. The van der Waals surface area contributed by atoms with E-state index in [1.165, 1.54) is 82.8 Å². The van der Waals surface area contributed by atoms with Crippen LogP contribution < -0.4 is 0 Å². The summed E-state index contributed by atoms with van der Waals surface area (Å²) in [6.45, 7) is 0. The molecule has 59 heavy (non-hydrogen) atoms. The maximum atomic E-state index is 9.44. The molecule has 0 spiro atoms. The Labute approximate surface area is 341 Å². The zero-order valence-corrected chi connectivity index (χ0v) is 32.0. The van der Waals surface area contributed by atoms with Gasteiger partial charge in [0, 0.05) is 32.8 Å². The first-order valence-corrected chi connectivity index (χ1v) is 20.2. The molecule has 0 fully saturated rings. The molecule has 0 saturated carbocycles. The standard InChI is InChI=1S/C56H35N3/c57-36-37-26-30-42(31-27-37)58-50-23-11-8-19-44(50)47-34-38(28-32-52(47)58)39-29-33-53-48(35-39)45-20-9-12-24-51(45)59(53)54-25-13-21-46-43-18-7-10-22-49(43)56(55(46)54,40-14-3-1-4-15-40)41-16-5-2-6-17-41/h1-35H. The first kappa shape index (κ1) is 33.2. The second kappa shape index (κ2) is 12.8. The van der Waals surface area contributed by atoms with Gasteiger partial charge in [0.2, 0.25) is 0 Å². The molecular weight excluding hydrogens is 715 g/mol. The Hall–Kier alpha value is -7.93. The van der Waals surface area contributed by atoms with E-state index in [9.17, 15) is 5.26 Å². The summed E-state index contributed by atoms with van der Waals surface area (Å²) in [7, 11) is 0. The van der Waals surface area contributed by atoms with Crippen LogP contribution in [0.15, 0.2) is 212 Å². The van der Waals surface area contributed by atoms with Gasteiger partial charge in [-0.25, -0.2) is 0 Å². The van der Waals surface area contributed by atoms with Crippen LogP contribution in [0.2, 0.25) is 0 Å². The van der Waals surface area contributed by atoms with E-state index in [0.717, 1.165) is 16.7 Å². The van der Waals surface area contributed by atoms with Gasteiger partial charge in [0.05, 0.1) is 44.8 Å². The molecule has 3 heteroatoms. The topological polar surface area (TPSA) is 33.6 Å². The fourth-order valence-electron chi connectivity index (χ4n) is 10.2. The molecule has 9 aromatic carbocycles. The summed E-state index contributed by atoms with van der Waals surface area (Å²) >= 11 is 0. The third-order valence-corrected chi connectivity index (χ3v) is 12.6. The number of para-hydroxylation sites is 2. The lowest BCUT2D eigenvalue weighted by Crippen LogP contribution is -2.29. The fourth-order valence-corrected chi connectivity index (χ4v) is 10.2. The second-order valence-corrected chi connectivity index (χ2v) is 15.6. The van der Waals surface area contributed by atoms with Gasteiger partial charge in [-0.05, 0) is 106 Å². The number of hydrogen-bond acceptors (Lipinski definition) is 1. The largest absolute Gasteiger partial charge is 0.309 e. The summed E-state index contributed by atoms with van der Waals surface area (Å²) in [5, 5.41) is 14.3. The maximum absolute atomic E-state index is 9.44. The van der Waals surface area contributed by atoms with E-state index in [4.69, 9.17) is 0 Å². The van der Waals surface area contributed by atoms with E-state index in [1.54, 1.807) is 0 Å². The SMILES string of the molecule is N#Cc1ccc(-n2c3ccccc3c3cc(-c4ccc5c(c4)c4ccccc4n5-c4cccc5c4C(c4ccccc4)(c4ccccc4)c4ccccc4-5)ccc32)cc1. The zero-order valence-electron chi connectivity index (χ0n) is 32.0. The van der Waals surface area contributed by atoms with E-state index in [-0.39, 0.29) is 0 Å². The quantitative estimate of drug-likeness (QED) is 0.172. The van der Waals surface area contributed by atoms with Crippen LogP contribution in [0.1, 0.15) is 27.8 Å². The molecule has 2 aromatic heterocycles. The number of hydrogen-bond donors (Lipinski definition) is 0. The average molecular weight is 750 g/mol. The van der Waals surface area contributed by atoms with Crippen molar-refractivity contribution in [1.82, 2.24) is 9.13 Å². The molecule has 12 rings (SSSR count). The van der Waals surface area contributed by atoms with E-state index >= 15 is 0 Å². The van der Waals surface area contributed by atoms with E-state index in [1.807, 2.05) is 24.3 Å². The van der Waals surface area contributed by atoms with Crippen molar-refractivity contribution in [3.8, 4) is 39.7 Å². The molecule has 0 atom stereocenters. The molecule has 0 N–H and O–H groups in total. The molecule has 1 aliphatic carbocycles. The third kappa shape index (κ3) is 4.69. The Balaban J connectivity index is 1.09. The molecule has 0 saturated heterocycles. The molecule has 0 unspecified atom stereocenters. The van der Waals surface area contributed by atoms with Crippen molar-refractivity contribution < 1.29 is 0 Å². The first-order chi connectivity index (χ1) is 29.2. The van der Waals surface area contributed by atoms with Crippen molar-refractivity contribution in [2.75, 3.05) is 0 Å². The normalized spacial score (nSPS) is 12.9. The molecule has 3 nitrogen and oxygen atoms in total. The van der Waals surface area contributed by atoms with Gasteiger partial charge in [-0.1, -0.05) is 146 Å². The smallest absolute Gasteiger partial charge is 0.0991 e. The Kier molecular flexibility index (Phi) is 7.21. The lowest BCUT2D eigenvalue weighted by atomic mass is 9.67. The van der Waals surface area contributed by atoms with Crippen LogP contribution in [0.3, 0.4) is 0 Å². The number of rotatable bonds is 5. The number of benzene rings is 9. The van der Waals surface area contributed by atoms with Gasteiger partial charge in [-0.2, -0.15) is 5.26 Å². The fraction of sp³-hybridized carbons (Fsp3) is 0.0179. The molecule has 0 aliphatic heterocycles. The second-order valence-electron chi connectivity index (χ2n) is 15.6. The molecule has 2 heterocycles. The number of nitriles is 1. The molecule has 0 amide bonds. The van der Waals surface area contributed by atoms with Gasteiger partial charge >= 0.3 is 0 Å². The van der Waals surface area contributed by atoms with Crippen LogP contribution in [0.25, 0.3) is 77.2 Å². The number of nitrogens with zero attached hydrogens (tertiary/aromatic N) is 3. The highest BCUT2D eigenvalue weighted by Crippen LogP contribution is 2.58. The Bertz CT molecular complexity index is 3450. The predicted molar refractivity (Wildman–Crippen MR) is 243 cm³/mol. The minimum Gasteiger partial charge on any atom is -0.309 e. The van der Waals surface area contributed by atoms with Gasteiger partial charge in [0.15, 0.2) is 0 Å².